The van der Waals surface area contributed by atoms with Gasteiger partial charge in [-0.15, -0.1) is 0 Å². The number of phenolic OH excluding ortho intramolecular Hbond substituents is 1. The number of rotatable bonds is 7. The molecule has 0 aromatic heterocycles. The molecule has 7 nitrogen and oxygen atoms in total. The maximum absolute atomic E-state index is 12.9. The van der Waals surface area contributed by atoms with Gasteiger partial charge >= 0.3 is 29.7 Å². The van der Waals surface area contributed by atoms with Gasteiger partial charge in [-0.2, -0.15) is 30.6 Å². The summed E-state index contributed by atoms with van der Waals surface area (Å²) in [5.41, 5.74) is -4.27. The molecule has 4 rings (SSSR count). The number of hydrogen-bond donors (Lipinski definition) is 3. The largest absolute Gasteiger partial charge is 0.508 e. The third-order valence-corrected chi connectivity index (χ3v) is 6.51. The number of phenols is 1. The Morgan fingerprint density at radius 3 is 2.05 bits per heavy atom. The molecule has 0 saturated carbocycles. The summed E-state index contributed by atoms with van der Waals surface area (Å²) in [4.78, 5) is 12.7. The highest BCUT2D eigenvalue weighted by molar-refractivity contribution is 7.74. The van der Waals surface area contributed by atoms with Crippen molar-refractivity contribution >= 4 is 38.9 Å². The molecule has 0 bridgehead atoms. The molecule has 14 heteroatoms. The van der Waals surface area contributed by atoms with Gasteiger partial charge < -0.3 is 19.1 Å². The minimum atomic E-state index is -6.06. The van der Waals surface area contributed by atoms with E-state index in [0.717, 1.165) is 0 Å². The van der Waals surface area contributed by atoms with Crippen LogP contribution in [0.2, 0.25) is 0 Å². The molecule has 0 fully saturated rings. The van der Waals surface area contributed by atoms with E-state index < -0.39 is 48.3 Å². The first-order valence-electron chi connectivity index (χ1n) is 11.2. The van der Waals surface area contributed by atoms with E-state index in [-0.39, 0.29) is 22.4 Å². The molecular formula is C26H18F6O7S. The third-order valence-electron chi connectivity index (χ3n) is 6.19. The quantitative estimate of drug-likeness (QED) is 0.132. The molecule has 0 aliphatic rings. The Morgan fingerprint density at radius 1 is 0.800 bits per heavy atom. The van der Waals surface area contributed by atoms with Crippen LogP contribution in [0.5, 0.6) is 11.5 Å². The van der Waals surface area contributed by atoms with Gasteiger partial charge in [-0.1, -0.05) is 42.5 Å². The van der Waals surface area contributed by atoms with Gasteiger partial charge in [-0.25, -0.2) is 4.79 Å². The van der Waals surface area contributed by atoms with Crippen LogP contribution < -0.4 is 4.18 Å². The molecule has 0 amide bonds. The van der Waals surface area contributed by atoms with Crippen LogP contribution in [-0.4, -0.2) is 49.5 Å². The molecule has 4 aromatic rings. The van der Waals surface area contributed by atoms with E-state index in [2.05, 4.69) is 4.74 Å². The summed E-state index contributed by atoms with van der Waals surface area (Å²) in [5.74, 6) is -1.46. The molecule has 1 atom stereocenters. The molecule has 0 aliphatic carbocycles. The van der Waals surface area contributed by atoms with Crippen LogP contribution >= 0.6 is 0 Å². The van der Waals surface area contributed by atoms with Crippen LogP contribution in [0.15, 0.2) is 66.7 Å². The van der Waals surface area contributed by atoms with Crippen molar-refractivity contribution in [2.75, 3.05) is 6.61 Å². The lowest BCUT2D eigenvalue weighted by atomic mass is 9.91. The van der Waals surface area contributed by atoms with Gasteiger partial charge in [0.15, 0.2) is 0 Å². The predicted molar refractivity (Wildman–Crippen MR) is 132 cm³/mol. The SMILES string of the molecule is O=C(OCCC(O)(C(F)(F)F)C(F)(F)F)c1ccc(-c2cccc3c(OS(=O)O)cccc23)c2ccc(O)cc12. The van der Waals surface area contributed by atoms with E-state index in [1.54, 1.807) is 30.3 Å². The van der Waals surface area contributed by atoms with Gasteiger partial charge in [-0.3, -0.25) is 4.55 Å². The number of aromatic hydroxyl groups is 1. The van der Waals surface area contributed by atoms with E-state index in [0.29, 0.717) is 27.3 Å². The number of aliphatic hydroxyl groups is 1. The Morgan fingerprint density at radius 2 is 1.40 bits per heavy atom. The molecule has 40 heavy (non-hydrogen) atoms. The number of carbonyl (C=O) groups is 1. The zero-order valence-electron chi connectivity index (χ0n) is 19.9. The molecular weight excluding hydrogens is 570 g/mol. The van der Waals surface area contributed by atoms with Gasteiger partial charge in [0.1, 0.15) is 11.5 Å². The first-order chi connectivity index (χ1) is 18.6. The second-order valence-corrected chi connectivity index (χ2v) is 9.19. The van der Waals surface area contributed by atoms with Crippen molar-refractivity contribution in [2.24, 2.45) is 0 Å². The topological polar surface area (TPSA) is 113 Å². The number of alkyl halides is 6. The molecule has 1 unspecified atom stereocenters. The van der Waals surface area contributed by atoms with Crippen molar-refractivity contribution in [3.05, 3.63) is 72.3 Å². The van der Waals surface area contributed by atoms with Gasteiger partial charge in [0.2, 0.25) is 0 Å². The van der Waals surface area contributed by atoms with E-state index >= 15 is 0 Å². The highest BCUT2D eigenvalue weighted by atomic mass is 32.2. The van der Waals surface area contributed by atoms with Crippen molar-refractivity contribution in [2.45, 2.75) is 24.4 Å². The number of benzene rings is 4. The summed E-state index contributed by atoms with van der Waals surface area (Å²) in [6, 6.07) is 16.4. The lowest BCUT2D eigenvalue weighted by molar-refractivity contribution is -0.371. The monoisotopic (exact) mass is 588 g/mol. The van der Waals surface area contributed by atoms with E-state index in [1.165, 1.54) is 36.4 Å². The fourth-order valence-corrected chi connectivity index (χ4v) is 4.53. The summed E-state index contributed by atoms with van der Waals surface area (Å²) >= 11 is -2.60. The molecule has 3 N–H and O–H groups in total. The van der Waals surface area contributed by atoms with Gasteiger partial charge in [-0.05, 0) is 46.2 Å². The van der Waals surface area contributed by atoms with Crippen LogP contribution in [-0.2, 0) is 16.1 Å². The average molecular weight is 588 g/mol. The van der Waals surface area contributed by atoms with E-state index in [1.807, 2.05) is 0 Å². The van der Waals surface area contributed by atoms with Crippen LogP contribution in [0.1, 0.15) is 16.8 Å². The second kappa shape index (κ2) is 10.6. The zero-order valence-corrected chi connectivity index (χ0v) is 20.7. The molecule has 0 saturated heterocycles. The smallest absolute Gasteiger partial charge is 0.426 e. The number of ether oxygens (including phenoxy) is 1. The highest BCUT2D eigenvalue weighted by Crippen LogP contribution is 2.45. The first kappa shape index (κ1) is 29.1. The maximum atomic E-state index is 12.9. The van der Waals surface area contributed by atoms with Crippen LogP contribution in [0.25, 0.3) is 32.7 Å². The van der Waals surface area contributed by atoms with Crippen molar-refractivity contribution < 1.29 is 59.0 Å². The van der Waals surface area contributed by atoms with Crippen molar-refractivity contribution in [3.63, 3.8) is 0 Å². The van der Waals surface area contributed by atoms with E-state index in [4.69, 9.17) is 8.74 Å². The summed E-state index contributed by atoms with van der Waals surface area (Å²) in [6.45, 7) is -1.41. The lowest BCUT2D eigenvalue weighted by Crippen LogP contribution is -2.57. The minimum absolute atomic E-state index is 0.0743. The number of carbonyl (C=O) groups excluding carboxylic acids is 1. The molecule has 4 aromatic carbocycles. The molecule has 0 radical (unpaired) electrons. The predicted octanol–water partition coefficient (Wildman–Crippen LogP) is 6.28. The maximum Gasteiger partial charge on any atom is 0.426 e. The minimum Gasteiger partial charge on any atom is -0.508 e. The summed E-state index contributed by atoms with van der Waals surface area (Å²) in [6.07, 6.45) is -14.1. The fraction of sp³-hybridized carbons (Fsp3) is 0.192. The van der Waals surface area contributed by atoms with Crippen molar-refractivity contribution in [3.8, 4) is 22.6 Å². The van der Waals surface area contributed by atoms with Crippen molar-refractivity contribution in [1.29, 1.82) is 0 Å². The second-order valence-electron chi connectivity index (χ2n) is 8.59. The molecule has 0 aliphatic heterocycles. The van der Waals surface area contributed by atoms with Crippen LogP contribution in [0.3, 0.4) is 0 Å². The number of fused-ring (bicyclic) bond motifs is 2. The number of halogens is 6. The average Bonchev–Trinajstić information content (AvgIpc) is 2.86. The van der Waals surface area contributed by atoms with E-state index in [9.17, 15) is 45.6 Å². The zero-order chi connectivity index (χ0) is 29.5. The number of hydrogen-bond acceptors (Lipinski definition) is 6. The Hall–Kier alpha value is -3.88. The van der Waals surface area contributed by atoms with Crippen LogP contribution in [0, 0.1) is 0 Å². The Bertz CT molecular complexity index is 1600. The Balaban J connectivity index is 1.73. The Labute approximate surface area is 224 Å². The van der Waals surface area contributed by atoms with Crippen LogP contribution in [0.4, 0.5) is 26.3 Å². The highest BCUT2D eigenvalue weighted by Gasteiger charge is 2.70. The fourth-order valence-electron chi connectivity index (χ4n) is 4.23. The lowest BCUT2D eigenvalue weighted by Gasteiger charge is -2.32. The normalized spacial score (nSPS) is 13.4. The molecule has 0 heterocycles. The van der Waals surface area contributed by atoms with Gasteiger partial charge in [0.05, 0.1) is 12.2 Å². The third kappa shape index (κ3) is 5.42. The summed E-state index contributed by atoms with van der Waals surface area (Å²) in [5, 5.41) is 20.8. The van der Waals surface area contributed by atoms with Gasteiger partial charge in [0, 0.05) is 17.2 Å². The van der Waals surface area contributed by atoms with Crippen molar-refractivity contribution in [1.82, 2.24) is 0 Å². The molecule has 0 spiro atoms. The van der Waals surface area contributed by atoms with Gasteiger partial charge in [0.25, 0.3) is 5.60 Å². The standard InChI is InChI=1S/C26H18F6O7S/c27-25(28,29)24(35,26(30,31)32)11-12-38-23(34)20-10-9-17(18-8-7-14(33)13-21(18)20)15-3-1-5-19-16(15)4-2-6-22(19)39-40(36)37/h1-10,13,33,35H,11-12H2,(H,36,37). The number of esters is 1. The summed E-state index contributed by atoms with van der Waals surface area (Å²) < 4.78 is 108. The first-order valence-corrected chi connectivity index (χ1v) is 12.3. The Kier molecular flexibility index (Phi) is 7.71. The molecule has 212 valence electrons. The summed E-state index contributed by atoms with van der Waals surface area (Å²) in [7, 11) is 0.